The second-order valence-electron chi connectivity index (χ2n) is 5.14. The van der Waals surface area contributed by atoms with Crippen LogP contribution in [0.15, 0.2) is 12.1 Å². The Bertz CT molecular complexity index is 405. The first kappa shape index (κ1) is 15.6. The van der Waals surface area contributed by atoms with Crippen LogP contribution in [0.25, 0.3) is 0 Å². The highest BCUT2D eigenvalue weighted by Crippen LogP contribution is 2.33. The summed E-state index contributed by atoms with van der Waals surface area (Å²) < 4.78 is 10.6. The van der Waals surface area contributed by atoms with Crippen LogP contribution in [0.1, 0.15) is 19.4 Å². The molecule has 0 amide bonds. The molecule has 4 nitrogen and oxygen atoms in total. The fourth-order valence-corrected chi connectivity index (χ4v) is 2.00. The van der Waals surface area contributed by atoms with Gasteiger partial charge in [0.25, 0.3) is 0 Å². The van der Waals surface area contributed by atoms with E-state index in [9.17, 15) is 0 Å². The van der Waals surface area contributed by atoms with Crippen LogP contribution in [-0.4, -0.2) is 27.3 Å². The highest BCUT2D eigenvalue weighted by molar-refractivity contribution is 5.60. The van der Waals surface area contributed by atoms with Crippen LogP contribution in [0.3, 0.4) is 0 Å². The van der Waals surface area contributed by atoms with Gasteiger partial charge >= 0.3 is 0 Å². The molecule has 0 aliphatic rings. The molecule has 1 aromatic rings. The number of anilines is 1. The number of ether oxygens (including phenoxy) is 2. The lowest BCUT2D eigenvalue weighted by Gasteiger charge is -2.21. The summed E-state index contributed by atoms with van der Waals surface area (Å²) in [6.07, 6.45) is 0. The quantitative estimate of drug-likeness (QED) is 0.796. The Labute approximate surface area is 116 Å². The second kappa shape index (κ2) is 7.24. The van der Waals surface area contributed by atoms with E-state index < -0.39 is 0 Å². The lowest BCUT2D eigenvalue weighted by Crippen LogP contribution is -2.27. The maximum Gasteiger partial charge on any atom is 0.162 e. The molecule has 19 heavy (non-hydrogen) atoms. The van der Waals surface area contributed by atoms with E-state index in [2.05, 4.69) is 26.1 Å². The zero-order valence-electron chi connectivity index (χ0n) is 12.6. The maximum atomic E-state index is 5.79. The maximum absolute atomic E-state index is 5.79. The molecule has 0 fully saturated rings. The first-order valence-corrected chi connectivity index (χ1v) is 6.70. The van der Waals surface area contributed by atoms with Gasteiger partial charge in [-0.25, -0.2) is 0 Å². The first-order chi connectivity index (χ1) is 9.03. The number of hydrogen-bond acceptors (Lipinski definition) is 4. The van der Waals surface area contributed by atoms with Gasteiger partial charge in [-0.1, -0.05) is 13.8 Å². The summed E-state index contributed by atoms with van der Waals surface area (Å²) in [5.41, 5.74) is 8.00. The Hall–Kier alpha value is -1.42. The molecular weight excluding hydrogens is 240 g/mol. The molecular formula is C15H26N2O2. The van der Waals surface area contributed by atoms with E-state index in [4.69, 9.17) is 15.2 Å². The van der Waals surface area contributed by atoms with E-state index in [1.165, 1.54) is 0 Å². The van der Waals surface area contributed by atoms with Crippen molar-refractivity contribution in [1.82, 2.24) is 0 Å². The van der Waals surface area contributed by atoms with Gasteiger partial charge in [-0.3, -0.25) is 0 Å². The predicted octanol–water partition coefficient (Wildman–Crippen LogP) is 2.66. The molecule has 0 spiro atoms. The molecule has 0 heterocycles. The molecule has 0 saturated heterocycles. The van der Waals surface area contributed by atoms with Crippen molar-refractivity contribution in [1.29, 1.82) is 0 Å². The summed E-state index contributed by atoms with van der Waals surface area (Å²) in [5.74, 6) is 2.53. The topological polar surface area (TPSA) is 56.5 Å². The molecule has 4 heteroatoms. The van der Waals surface area contributed by atoms with Crippen molar-refractivity contribution in [2.45, 2.75) is 20.8 Å². The summed E-state index contributed by atoms with van der Waals surface area (Å²) >= 11 is 0. The van der Waals surface area contributed by atoms with E-state index in [1.807, 2.05) is 12.1 Å². The standard InChI is InChI=1S/C15H26N2O2/c1-10(2)12(8-16)9-17-13-7-15(19-5)14(18-4)6-11(13)3/h6-7,10,12,17H,8-9,16H2,1-5H3. The van der Waals surface area contributed by atoms with Crippen molar-refractivity contribution >= 4 is 5.69 Å². The smallest absolute Gasteiger partial charge is 0.162 e. The number of nitrogens with two attached hydrogens (primary N) is 1. The van der Waals surface area contributed by atoms with Gasteiger partial charge in [0.15, 0.2) is 11.5 Å². The van der Waals surface area contributed by atoms with E-state index in [0.717, 1.165) is 29.3 Å². The molecule has 0 radical (unpaired) electrons. The van der Waals surface area contributed by atoms with Crippen LogP contribution < -0.4 is 20.5 Å². The zero-order chi connectivity index (χ0) is 14.4. The Morgan fingerprint density at radius 1 is 1.16 bits per heavy atom. The van der Waals surface area contributed by atoms with Crippen molar-refractivity contribution in [3.8, 4) is 11.5 Å². The molecule has 1 unspecified atom stereocenters. The van der Waals surface area contributed by atoms with Gasteiger partial charge in [-0.2, -0.15) is 0 Å². The Morgan fingerprint density at radius 3 is 2.21 bits per heavy atom. The van der Waals surface area contributed by atoms with Gasteiger partial charge in [0, 0.05) is 18.3 Å². The van der Waals surface area contributed by atoms with Crippen LogP contribution in [0.5, 0.6) is 11.5 Å². The third kappa shape index (κ3) is 4.03. The number of hydrogen-bond donors (Lipinski definition) is 2. The molecule has 1 aromatic carbocycles. The summed E-state index contributed by atoms with van der Waals surface area (Å²) in [7, 11) is 3.29. The second-order valence-corrected chi connectivity index (χ2v) is 5.14. The third-order valence-corrected chi connectivity index (χ3v) is 3.53. The summed E-state index contributed by atoms with van der Waals surface area (Å²) in [4.78, 5) is 0. The summed E-state index contributed by atoms with van der Waals surface area (Å²) in [5, 5.41) is 3.46. The third-order valence-electron chi connectivity index (χ3n) is 3.53. The first-order valence-electron chi connectivity index (χ1n) is 6.70. The van der Waals surface area contributed by atoms with Crippen molar-refractivity contribution in [3.63, 3.8) is 0 Å². The van der Waals surface area contributed by atoms with Gasteiger partial charge in [-0.05, 0) is 36.9 Å². The Morgan fingerprint density at radius 2 is 1.74 bits per heavy atom. The monoisotopic (exact) mass is 266 g/mol. The molecule has 1 rings (SSSR count). The van der Waals surface area contributed by atoms with Crippen LogP contribution in [0.4, 0.5) is 5.69 Å². The van der Waals surface area contributed by atoms with Gasteiger partial charge < -0.3 is 20.5 Å². The molecule has 0 saturated carbocycles. The van der Waals surface area contributed by atoms with E-state index in [0.29, 0.717) is 18.4 Å². The molecule has 108 valence electrons. The number of nitrogens with one attached hydrogen (secondary N) is 1. The lowest BCUT2D eigenvalue weighted by atomic mass is 9.96. The minimum Gasteiger partial charge on any atom is -0.493 e. The summed E-state index contributed by atoms with van der Waals surface area (Å²) in [6.45, 7) is 8.00. The normalized spacial score (nSPS) is 12.4. The molecule has 0 aromatic heterocycles. The average molecular weight is 266 g/mol. The van der Waals surface area contributed by atoms with Gasteiger partial charge in [0.2, 0.25) is 0 Å². The number of aryl methyl sites for hydroxylation is 1. The Kier molecular flexibility index (Phi) is 5.96. The molecule has 0 aliphatic heterocycles. The van der Waals surface area contributed by atoms with Crippen molar-refractivity contribution in [2.75, 3.05) is 32.6 Å². The van der Waals surface area contributed by atoms with E-state index in [1.54, 1.807) is 14.2 Å². The summed E-state index contributed by atoms with van der Waals surface area (Å²) in [6, 6.07) is 3.95. The largest absolute Gasteiger partial charge is 0.493 e. The van der Waals surface area contributed by atoms with Crippen LogP contribution in [0.2, 0.25) is 0 Å². The van der Waals surface area contributed by atoms with E-state index >= 15 is 0 Å². The SMILES string of the molecule is COc1cc(C)c(NCC(CN)C(C)C)cc1OC. The highest BCUT2D eigenvalue weighted by Gasteiger charge is 2.13. The van der Waals surface area contributed by atoms with Crippen molar-refractivity contribution < 1.29 is 9.47 Å². The minimum absolute atomic E-state index is 0.465. The fraction of sp³-hybridized carbons (Fsp3) is 0.600. The van der Waals surface area contributed by atoms with Gasteiger partial charge in [0.05, 0.1) is 14.2 Å². The molecule has 0 aliphatic carbocycles. The Balaban J connectivity index is 2.83. The zero-order valence-corrected chi connectivity index (χ0v) is 12.6. The minimum atomic E-state index is 0.465. The van der Waals surface area contributed by atoms with Crippen LogP contribution in [0, 0.1) is 18.8 Å². The lowest BCUT2D eigenvalue weighted by molar-refractivity contribution is 0.355. The van der Waals surface area contributed by atoms with Crippen LogP contribution in [-0.2, 0) is 0 Å². The molecule has 3 N–H and O–H groups in total. The van der Waals surface area contributed by atoms with E-state index in [-0.39, 0.29) is 0 Å². The highest BCUT2D eigenvalue weighted by atomic mass is 16.5. The van der Waals surface area contributed by atoms with Gasteiger partial charge in [-0.15, -0.1) is 0 Å². The van der Waals surface area contributed by atoms with Gasteiger partial charge in [0.1, 0.15) is 0 Å². The fourth-order valence-electron chi connectivity index (χ4n) is 2.00. The van der Waals surface area contributed by atoms with Crippen molar-refractivity contribution in [2.24, 2.45) is 17.6 Å². The molecule has 0 bridgehead atoms. The number of benzene rings is 1. The number of methoxy groups -OCH3 is 2. The number of rotatable bonds is 7. The van der Waals surface area contributed by atoms with Crippen molar-refractivity contribution in [3.05, 3.63) is 17.7 Å². The van der Waals surface area contributed by atoms with Crippen LogP contribution >= 0.6 is 0 Å². The predicted molar refractivity (Wildman–Crippen MR) is 80.2 cm³/mol. The molecule has 1 atom stereocenters. The average Bonchev–Trinajstić information content (AvgIpc) is 2.40.